The van der Waals surface area contributed by atoms with E-state index in [2.05, 4.69) is 27.4 Å². The van der Waals surface area contributed by atoms with Crippen LogP contribution in [0, 0.1) is 11.8 Å². The number of pyridine rings is 1. The van der Waals surface area contributed by atoms with Gasteiger partial charge in [-0.1, -0.05) is 23.9 Å². The zero-order chi connectivity index (χ0) is 27.5. The number of ether oxygens (including phenoxy) is 1. The lowest BCUT2D eigenvalue weighted by molar-refractivity contribution is -0.119. The second-order valence-corrected chi connectivity index (χ2v) is 9.84. The highest BCUT2D eigenvalue weighted by atomic mass is 16.5. The number of hydrogen-bond donors (Lipinski definition) is 4. The molecule has 3 aliphatic carbocycles. The molecule has 2 bridgehead atoms. The van der Waals surface area contributed by atoms with E-state index in [9.17, 15) is 9.59 Å². The fourth-order valence-corrected chi connectivity index (χ4v) is 5.32. The number of carbonyl (C=O) groups excluding carboxylic acids is 2. The fraction of sp³-hybridized carbons (Fsp3) is 0.286. The Labute approximate surface area is 225 Å². The molecule has 3 saturated carbocycles. The van der Waals surface area contributed by atoms with E-state index < -0.39 is 5.91 Å². The van der Waals surface area contributed by atoms with Crippen LogP contribution in [0.15, 0.2) is 72.2 Å². The lowest BCUT2D eigenvalue weighted by atomic mass is 9.60. The SMILES string of the molecule is C=CC(=O)N[C@@H]1C[C@H](N(N)/C=C(\N)c2ccc(NC(=O)c3cccc(-c4cnoc4)n3)c(OC)c2)C2CC1C2. The molecule has 2 aromatic heterocycles. The van der Waals surface area contributed by atoms with Crippen LogP contribution in [-0.4, -0.2) is 46.2 Å². The van der Waals surface area contributed by atoms with Crippen LogP contribution in [0.2, 0.25) is 0 Å². The van der Waals surface area contributed by atoms with Crippen LogP contribution in [0.3, 0.4) is 0 Å². The van der Waals surface area contributed by atoms with Gasteiger partial charge in [-0.2, -0.15) is 0 Å². The van der Waals surface area contributed by atoms with Crippen LogP contribution >= 0.6 is 0 Å². The molecule has 0 spiro atoms. The van der Waals surface area contributed by atoms with Crippen LogP contribution in [-0.2, 0) is 4.79 Å². The fourth-order valence-electron chi connectivity index (χ4n) is 5.32. The van der Waals surface area contributed by atoms with Crippen molar-refractivity contribution in [1.82, 2.24) is 20.5 Å². The Hall–Kier alpha value is -4.64. The summed E-state index contributed by atoms with van der Waals surface area (Å²) < 4.78 is 10.4. The summed E-state index contributed by atoms with van der Waals surface area (Å²) >= 11 is 0. The maximum absolute atomic E-state index is 12.9. The summed E-state index contributed by atoms with van der Waals surface area (Å²) in [6, 6.07) is 10.5. The smallest absolute Gasteiger partial charge is 0.274 e. The van der Waals surface area contributed by atoms with Gasteiger partial charge < -0.3 is 30.6 Å². The van der Waals surface area contributed by atoms with Gasteiger partial charge in [0.05, 0.1) is 35.9 Å². The Bertz CT molecular complexity index is 1400. The van der Waals surface area contributed by atoms with Crippen molar-refractivity contribution in [3.05, 3.63) is 79.0 Å². The molecule has 3 aliphatic rings. The van der Waals surface area contributed by atoms with Crippen molar-refractivity contribution in [3.8, 4) is 17.0 Å². The Morgan fingerprint density at radius 2 is 2.03 bits per heavy atom. The highest BCUT2D eigenvalue weighted by Gasteiger charge is 2.47. The number of nitrogens with two attached hydrogens (primary N) is 2. The molecule has 39 heavy (non-hydrogen) atoms. The van der Waals surface area contributed by atoms with E-state index in [4.69, 9.17) is 20.8 Å². The van der Waals surface area contributed by atoms with Crippen molar-refractivity contribution >= 4 is 23.2 Å². The molecule has 0 radical (unpaired) electrons. The van der Waals surface area contributed by atoms with E-state index in [0.29, 0.717) is 45.8 Å². The lowest BCUT2D eigenvalue weighted by Gasteiger charge is -2.53. The van der Waals surface area contributed by atoms with E-state index in [1.54, 1.807) is 47.6 Å². The predicted molar refractivity (Wildman–Crippen MR) is 146 cm³/mol. The molecule has 2 amide bonds. The summed E-state index contributed by atoms with van der Waals surface area (Å²) in [5.41, 5.74) is 9.49. The summed E-state index contributed by atoms with van der Waals surface area (Å²) in [6.45, 7) is 3.54. The van der Waals surface area contributed by atoms with E-state index >= 15 is 0 Å². The lowest BCUT2D eigenvalue weighted by Crippen LogP contribution is -2.60. The van der Waals surface area contributed by atoms with E-state index in [1.807, 2.05) is 0 Å². The first-order valence-electron chi connectivity index (χ1n) is 12.7. The molecule has 6 rings (SSSR count). The van der Waals surface area contributed by atoms with Crippen molar-refractivity contribution in [2.24, 2.45) is 23.4 Å². The molecule has 0 unspecified atom stereocenters. The third-order valence-corrected chi connectivity index (χ3v) is 7.50. The minimum Gasteiger partial charge on any atom is -0.495 e. The van der Waals surface area contributed by atoms with Gasteiger partial charge in [0.2, 0.25) is 5.91 Å². The van der Waals surface area contributed by atoms with Gasteiger partial charge in [-0.05, 0) is 61.4 Å². The molecular formula is C28H31N7O4. The second-order valence-electron chi connectivity index (χ2n) is 9.84. The van der Waals surface area contributed by atoms with Crippen LogP contribution in [0.4, 0.5) is 5.69 Å². The summed E-state index contributed by atoms with van der Waals surface area (Å²) in [6.07, 6.45) is 8.79. The standard InChI is InChI=1S/C28H31N7O4/c1-3-27(36)33-24-12-25(18-9-17(24)10-18)35(30)14-20(29)16-7-8-22(26(11-16)38-2)34-28(37)23-6-4-5-21(32-23)19-13-31-39-15-19/h3-8,11,13-15,17-18,24-25H,1,9-10,12,29-30H2,2H3,(H,33,36)(H,34,37)/b20-14-/t17?,18?,24-,25+/m1/s1. The van der Waals surface area contributed by atoms with Gasteiger partial charge in [0.15, 0.2) is 0 Å². The Kier molecular flexibility index (Phi) is 7.33. The number of rotatable bonds is 9. The molecule has 3 fully saturated rings. The van der Waals surface area contributed by atoms with Crippen LogP contribution in [0.1, 0.15) is 35.3 Å². The van der Waals surface area contributed by atoms with Crippen LogP contribution < -0.4 is 26.9 Å². The molecule has 3 aromatic rings. The van der Waals surface area contributed by atoms with Crippen molar-refractivity contribution in [2.45, 2.75) is 31.3 Å². The monoisotopic (exact) mass is 529 g/mol. The maximum atomic E-state index is 12.9. The number of aromatic nitrogens is 2. The number of nitrogens with zero attached hydrogens (tertiary/aromatic N) is 3. The van der Waals surface area contributed by atoms with E-state index in [-0.39, 0.29) is 23.7 Å². The summed E-state index contributed by atoms with van der Waals surface area (Å²) in [5.74, 6) is 7.26. The average molecular weight is 530 g/mol. The topological polar surface area (TPSA) is 162 Å². The van der Waals surface area contributed by atoms with Gasteiger partial charge in [-0.15, -0.1) is 0 Å². The molecule has 11 heteroatoms. The van der Waals surface area contributed by atoms with Gasteiger partial charge in [0.25, 0.3) is 5.91 Å². The first-order chi connectivity index (χ1) is 18.9. The quantitative estimate of drug-likeness (QED) is 0.185. The third-order valence-electron chi connectivity index (χ3n) is 7.50. The van der Waals surface area contributed by atoms with E-state index in [0.717, 1.165) is 19.3 Å². The van der Waals surface area contributed by atoms with Crippen molar-refractivity contribution in [1.29, 1.82) is 0 Å². The molecule has 6 N–H and O–H groups in total. The molecule has 1 aromatic carbocycles. The number of carbonyl (C=O) groups is 2. The highest BCUT2D eigenvalue weighted by Crippen LogP contribution is 2.47. The molecular weight excluding hydrogens is 498 g/mol. The van der Waals surface area contributed by atoms with Crippen LogP contribution in [0.25, 0.3) is 17.0 Å². The van der Waals surface area contributed by atoms with Crippen molar-refractivity contribution in [3.63, 3.8) is 0 Å². The molecule has 0 aliphatic heterocycles. The summed E-state index contributed by atoms with van der Waals surface area (Å²) in [7, 11) is 1.52. The van der Waals surface area contributed by atoms with Gasteiger partial charge in [-0.3, -0.25) is 9.59 Å². The minimum atomic E-state index is -0.398. The zero-order valence-corrected chi connectivity index (χ0v) is 21.5. The normalized spacial score (nSPS) is 21.8. The number of anilines is 1. The molecule has 11 nitrogen and oxygen atoms in total. The third kappa shape index (κ3) is 5.48. The zero-order valence-electron chi connectivity index (χ0n) is 21.5. The highest BCUT2D eigenvalue weighted by molar-refractivity contribution is 6.04. The molecule has 0 saturated heterocycles. The number of nitrogens with one attached hydrogen (secondary N) is 2. The van der Waals surface area contributed by atoms with Crippen molar-refractivity contribution < 1.29 is 18.8 Å². The number of fused-ring (bicyclic) bond motifs is 2. The first kappa shape index (κ1) is 26.0. The molecule has 2 heterocycles. The predicted octanol–water partition coefficient (Wildman–Crippen LogP) is 2.90. The Morgan fingerprint density at radius 1 is 1.21 bits per heavy atom. The molecule has 202 valence electrons. The van der Waals surface area contributed by atoms with E-state index in [1.165, 1.54) is 25.6 Å². The number of hydrogen-bond acceptors (Lipinski definition) is 9. The summed E-state index contributed by atoms with van der Waals surface area (Å²) in [4.78, 5) is 29.2. The first-order valence-corrected chi connectivity index (χ1v) is 12.7. The number of methoxy groups -OCH3 is 1. The van der Waals surface area contributed by atoms with Gasteiger partial charge >= 0.3 is 0 Å². The van der Waals surface area contributed by atoms with Gasteiger partial charge in [-0.25, -0.2) is 10.8 Å². The number of benzene rings is 1. The number of amides is 2. The maximum Gasteiger partial charge on any atom is 0.274 e. The molecule has 2 atom stereocenters. The second kappa shape index (κ2) is 11.0. The summed E-state index contributed by atoms with van der Waals surface area (Å²) in [5, 5.41) is 11.2. The minimum absolute atomic E-state index is 0.0604. The number of hydrazine groups is 1. The van der Waals surface area contributed by atoms with Gasteiger partial charge in [0.1, 0.15) is 17.7 Å². The Morgan fingerprint density at radius 3 is 2.74 bits per heavy atom. The average Bonchev–Trinajstić information content (AvgIpc) is 3.47. The Balaban J connectivity index is 1.28. The van der Waals surface area contributed by atoms with Gasteiger partial charge in [0, 0.05) is 23.8 Å². The van der Waals surface area contributed by atoms with Crippen molar-refractivity contribution in [2.75, 3.05) is 12.4 Å². The largest absolute Gasteiger partial charge is 0.495 e. The van der Waals surface area contributed by atoms with Crippen LogP contribution in [0.5, 0.6) is 5.75 Å².